The van der Waals surface area contributed by atoms with E-state index in [4.69, 9.17) is 0 Å². The van der Waals surface area contributed by atoms with E-state index in [1.54, 1.807) is 6.20 Å². The van der Waals surface area contributed by atoms with Gasteiger partial charge in [0.15, 0.2) is 0 Å². The van der Waals surface area contributed by atoms with Crippen LogP contribution in [-0.2, 0) is 13.2 Å². The summed E-state index contributed by atoms with van der Waals surface area (Å²) in [4.78, 5) is 12.9. The highest BCUT2D eigenvalue weighted by Gasteiger charge is 2.18. The molecule has 7 heteroatoms. The maximum atomic E-state index is 13.9. The summed E-state index contributed by atoms with van der Waals surface area (Å²) in [6, 6.07) is 12.5. The number of aliphatic hydroxyl groups excluding tert-OH is 1. The zero-order valence-electron chi connectivity index (χ0n) is 14.1. The van der Waals surface area contributed by atoms with Crippen molar-refractivity contribution in [3.8, 4) is 11.3 Å². The van der Waals surface area contributed by atoms with E-state index in [1.165, 1.54) is 21.3 Å². The number of hydrogen-bond acceptors (Lipinski definition) is 3. The Morgan fingerprint density at radius 3 is 2.52 bits per heavy atom. The fraction of sp³-hybridized carbons (Fsp3) is 0.100. The van der Waals surface area contributed by atoms with Crippen molar-refractivity contribution in [2.75, 3.05) is 0 Å². The van der Waals surface area contributed by atoms with Crippen LogP contribution in [0.15, 0.2) is 65.7 Å². The Labute approximate surface area is 152 Å². The molecule has 2 heterocycles. The second-order valence-corrected chi connectivity index (χ2v) is 6.11. The van der Waals surface area contributed by atoms with Crippen molar-refractivity contribution in [2.24, 2.45) is 0 Å². The van der Waals surface area contributed by atoms with Gasteiger partial charge in [-0.05, 0) is 6.07 Å². The lowest BCUT2D eigenvalue weighted by atomic mass is 10.1. The normalized spacial score (nSPS) is 11.2. The lowest BCUT2D eigenvalue weighted by Gasteiger charge is -2.08. The van der Waals surface area contributed by atoms with Crippen molar-refractivity contribution in [2.45, 2.75) is 13.2 Å². The molecule has 0 fully saturated rings. The fourth-order valence-electron chi connectivity index (χ4n) is 3.09. The van der Waals surface area contributed by atoms with Crippen LogP contribution in [0.4, 0.5) is 8.78 Å². The Morgan fingerprint density at radius 2 is 1.81 bits per heavy atom. The minimum absolute atomic E-state index is 0.0574. The van der Waals surface area contributed by atoms with Crippen molar-refractivity contribution in [3.63, 3.8) is 0 Å². The molecule has 4 rings (SSSR count). The lowest BCUT2D eigenvalue weighted by Crippen LogP contribution is -2.23. The second-order valence-electron chi connectivity index (χ2n) is 6.11. The Hall–Kier alpha value is -3.32. The van der Waals surface area contributed by atoms with Crippen molar-refractivity contribution in [1.29, 1.82) is 0 Å². The molecule has 2 aromatic carbocycles. The molecule has 0 aliphatic carbocycles. The number of hydrogen-bond donors (Lipinski definition) is 1. The average Bonchev–Trinajstić information content (AvgIpc) is 3.06. The summed E-state index contributed by atoms with van der Waals surface area (Å²) in [5.74, 6) is -1.40. The Balaban J connectivity index is 1.85. The first-order valence-corrected chi connectivity index (χ1v) is 8.29. The molecule has 0 saturated heterocycles. The van der Waals surface area contributed by atoms with Gasteiger partial charge in [-0.2, -0.15) is 5.10 Å². The monoisotopic (exact) mass is 367 g/mol. The van der Waals surface area contributed by atoms with Crippen LogP contribution in [0.2, 0.25) is 0 Å². The van der Waals surface area contributed by atoms with Crippen LogP contribution in [0.1, 0.15) is 11.1 Å². The van der Waals surface area contributed by atoms with E-state index < -0.39 is 17.2 Å². The highest BCUT2D eigenvalue weighted by atomic mass is 19.1. The van der Waals surface area contributed by atoms with Crippen molar-refractivity contribution in [1.82, 2.24) is 14.2 Å². The van der Waals surface area contributed by atoms with Gasteiger partial charge in [0.05, 0.1) is 18.8 Å². The summed E-state index contributed by atoms with van der Waals surface area (Å²) in [6.45, 7) is -0.421. The number of aromatic nitrogens is 3. The van der Waals surface area contributed by atoms with E-state index in [-0.39, 0.29) is 24.2 Å². The maximum absolute atomic E-state index is 13.9. The summed E-state index contributed by atoms with van der Waals surface area (Å²) in [7, 11) is 0. The van der Waals surface area contributed by atoms with Gasteiger partial charge in [-0.25, -0.2) is 13.3 Å². The van der Waals surface area contributed by atoms with E-state index in [2.05, 4.69) is 5.10 Å². The first-order valence-electron chi connectivity index (χ1n) is 8.29. The fourth-order valence-corrected chi connectivity index (χ4v) is 3.09. The van der Waals surface area contributed by atoms with Crippen LogP contribution < -0.4 is 5.56 Å². The van der Waals surface area contributed by atoms with Crippen LogP contribution in [-0.4, -0.2) is 19.3 Å². The first-order chi connectivity index (χ1) is 13.1. The van der Waals surface area contributed by atoms with Crippen LogP contribution in [0.25, 0.3) is 16.8 Å². The SMILES string of the molecule is O=c1c2c(CO)c(-c3ccccc3)nn2ccn1Cc1ccc(F)cc1F. The molecule has 2 aromatic heterocycles. The summed E-state index contributed by atoms with van der Waals surface area (Å²) in [5, 5.41) is 14.3. The molecule has 0 aliphatic heterocycles. The zero-order chi connectivity index (χ0) is 19.0. The minimum Gasteiger partial charge on any atom is -0.392 e. The quantitative estimate of drug-likeness (QED) is 0.603. The minimum atomic E-state index is -0.720. The number of rotatable bonds is 4. The van der Waals surface area contributed by atoms with Crippen LogP contribution >= 0.6 is 0 Å². The van der Waals surface area contributed by atoms with E-state index in [0.717, 1.165) is 17.7 Å². The van der Waals surface area contributed by atoms with E-state index in [9.17, 15) is 18.7 Å². The molecule has 0 radical (unpaired) electrons. The Kier molecular flexibility index (Phi) is 4.29. The molecule has 4 aromatic rings. The maximum Gasteiger partial charge on any atom is 0.277 e. The van der Waals surface area contributed by atoms with Gasteiger partial charge in [0.25, 0.3) is 5.56 Å². The predicted octanol–water partition coefficient (Wildman–Crippen LogP) is 2.98. The highest BCUT2D eigenvalue weighted by Crippen LogP contribution is 2.24. The zero-order valence-corrected chi connectivity index (χ0v) is 14.1. The predicted molar refractivity (Wildman–Crippen MR) is 96.3 cm³/mol. The molecule has 0 unspecified atom stereocenters. The van der Waals surface area contributed by atoms with Gasteiger partial charge < -0.3 is 9.67 Å². The average molecular weight is 367 g/mol. The highest BCUT2D eigenvalue weighted by molar-refractivity contribution is 5.72. The third kappa shape index (κ3) is 3.02. The molecule has 0 amide bonds. The number of aliphatic hydroxyl groups is 1. The summed E-state index contributed by atoms with van der Waals surface area (Å²) < 4.78 is 29.7. The van der Waals surface area contributed by atoms with Gasteiger partial charge in [-0.15, -0.1) is 0 Å². The summed E-state index contributed by atoms with van der Waals surface area (Å²) in [5.41, 5.74) is 1.69. The molecular formula is C20H15F2N3O2. The van der Waals surface area contributed by atoms with Crippen molar-refractivity contribution in [3.05, 3.63) is 94.0 Å². The number of fused-ring (bicyclic) bond motifs is 1. The standard InChI is InChI=1S/C20H15F2N3O2/c21-15-7-6-14(17(22)10-15)11-24-8-9-25-19(20(24)27)16(12-26)18(23-25)13-4-2-1-3-5-13/h1-10,26H,11-12H2. The molecule has 0 bridgehead atoms. The largest absolute Gasteiger partial charge is 0.392 e. The number of benzene rings is 2. The third-order valence-electron chi connectivity index (χ3n) is 4.42. The summed E-state index contributed by atoms with van der Waals surface area (Å²) in [6.07, 6.45) is 3.06. The third-order valence-corrected chi connectivity index (χ3v) is 4.42. The molecule has 0 saturated carbocycles. The summed E-state index contributed by atoms with van der Waals surface area (Å²) >= 11 is 0. The molecule has 0 spiro atoms. The van der Waals surface area contributed by atoms with Gasteiger partial charge in [0.2, 0.25) is 0 Å². The number of nitrogens with zero attached hydrogens (tertiary/aromatic N) is 3. The number of halogens is 2. The molecule has 0 atom stereocenters. The van der Waals surface area contributed by atoms with Gasteiger partial charge in [-0.3, -0.25) is 4.79 Å². The molecule has 0 aliphatic rings. The molecule has 136 valence electrons. The van der Waals surface area contributed by atoms with E-state index >= 15 is 0 Å². The van der Waals surface area contributed by atoms with Crippen LogP contribution in [0, 0.1) is 11.6 Å². The van der Waals surface area contributed by atoms with Gasteiger partial charge in [-0.1, -0.05) is 36.4 Å². The van der Waals surface area contributed by atoms with Crippen LogP contribution in [0.3, 0.4) is 0 Å². The molecule has 1 N–H and O–H groups in total. The van der Waals surface area contributed by atoms with Crippen LogP contribution in [0.5, 0.6) is 0 Å². The molecule has 5 nitrogen and oxygen atoms in total. The van der Waals surface area contributed by atoms with E-state index in [0.29, 0.717) is 11.3 Å². The van der Waals surface area contributed by atoms with Gasteiger partial charge in [0.1, 0.15) is 17.2 Å². The van der Waals surface area contributed by atoms with Gasteiger partial charge >= 0.3 is 0 Å². The first kappa shape index (κ1) is 17.1. The Morgan fingerprint density at radius 1 is 1.04 bits per heavy atom. The Bertz CT molecular complexity index is 1180. The van der Waals surface area contributed by atoms with Crippen molar-refractivity contribution < 1.29 is 13.9 Å². The topological polar surface area (TPSA) is 59.5 Å². The molecular weight excluding hydrogens is 352 g/mol. The second kappa shape index (κ2) is 6.77. The van der Waals surface area contributed by atoms with Crippen molar-refractivity contribution >= 4 is 5.52 Å². The smallest absolute Gasteiger partial charge is 0.277 e. The molecule has 27 heavy (non-hydrogen) atoms. The van der Waals surface area contributed by atoms with E-state index in [1.807, 2.05) is 30.3 Å². The lowest BCUT2D eigenvalue weighted by molar-refractivity contribution is 0.283. The van der Waals surface area contributed by atoms with Gasteiger partial charge in [0, 0.05) is 35.2 Å².